The van der Waals surface area contributed by atoms with E-state index in [1.165, 1.54) is 5.56 Å². The van der Waals surface area contributed by atoms with Crippen LogP contribution in [0.4, 0.5) is 0 Å². The van der Waals surface area contributed by atoms with Gasteiger partial charge in [-0.3, -0.25) is 0 Å². The first-order valence-electron chi connectivity index (χ1n) is 7.26. The van der Waals surface area contributed by atoms with Crippen molar-refractivity contribution in [2.45, 2.75) is 44.6 Å². The van der Waals surface area contributed by atoms with Crippen molar-refractivity contribution < 1.29 is 9.84 Å². The van der Waals surface area contributed by atoms with Crippen molar-refractivity contribution in [1.82, 2.24) is 5.32 Å². The van der Waals surface area contributed by atoms with Gasteiger partial charge in [0.15, 0.2) is 0 Å². The third-order valence-corrected chi connectivity index (χ3v) is 4.81. The topological polar surface area (TPSA) is 41.5 Å². The maximum Gasteiger partial charge on any atom is 0.123 e. The van der Waals surface area contributed by atoms with Crippen LogP contribution in [0.5, 0.6) is 5.75 Å². The predicted molar refractivity (Wildman–Crippen MR) is 87.6 cm³/mol. The number of aliphatic hydroxyl groups is 1. The second-order valence-corrected chi connectivity index (χ2v) is 6.44. The molecule has 4 heteroatoms. The van der Waals surface area contributed by atoms with E-state index in [0.717, 1.165) is 24.5 Å². The minimum Gasteiger partial charge on any atom is -0.496 e. The molecule has 1 aromatic rings. The highest BCUT2D eigenvalue weighted by Crippen LogP contribution is 2.29. The summed E-state index contributed by atoms with van der Waals surface area (Å²) in [5.74, 6) is 1.85. The number of methoxy groups -OCH3 is 1. The fourth-order valence-electron chi connectivity index (χ4n) is 1.92. The number of rotatable bonds is 9. The zero-order valence-electron chi connectivity index (χ0n) is 12.9. The first kappa shape index (κ1) is 17.3. The minimum absolute atomic E-state index is 0.232. The Morgan fingerprint density at radius 3 is 2.60 bits per heavy atom. The Labute approximate surface area is 127 Å². The average Bonchev–Trinajstić information content (AvgIpc) is 2.47. The molecule has 0 radical (unpaired) electrons. The summed E-state index contributed by atoms with van der Waals surface area (Å²) in [7, 11) is 1.71. The summed E-state index contributed by atoms with van der Waals surface area (Å²) >= 11 is 1.79. The lowest BCUT2D eigenvalue weighted by atomic mass is 10.1. The second kappa shape index (κ2) is 9.27. The van der Waals surface area contributed by atoms with Gasteiger partial charge in [-0.2, -0.15) is 11.8 Å². The molecule has 0 amide bonds. The average molecular weight is 297 g/mol. The van der Waals surface area contributed by atoms with Crippen LogP contribution in [0.1, 0.15) is 38.8 Å². The Bertz CT molecular complexity index is 384. The lowest BCUT2D eigenvalue weighted by Crippen LogP contribution is -2.26. The van der Waals surface area contributed by atoms with Gasteiger partial charge in [-0.1, -0.05) is 32.0 Å². The molecule has 3 nitrogen and oxygen atoms in total. The molecule has 3 unspecified atom stereocenters. The van der Waals surface area contributed by atoms with Gasteiger partial charge in [0.1, 0.15) is 5.75 Å². The highest BCUT2D eigenvalue weighted by molar-refractivity contribution is 7.99. The molecule has 20 heavy (non-hydrogen) atoms. The number of benzene rings is 1. The fourth-order valence-corrected chi connectivity index (χ4v) is 2.99. The summed E-state index contributed by atoms with van der Waals surface area (Å²) < 4.78 is 5.46. The number of thioether (sulfide) groups is 1. The van der Waals surface area contributed by atoms with Crippen molar-refractivity contribution >= 4 is 11.8 Å². The molecule has 0 spiro atoms. The normalized spacial score (nSPS) is 15.7. The number of nitrogens with one attached hydrogen (secondary N) is 1. The summed E-state index contributed by atoms with van der Waals surface area (Å²) in [6.07, 6.45) is 0.812. The van der Waals surface area contributed by atoms with Crippen LogP contribution in [0.15, 0.2) is 24.3 Å². The summed E-state index contributed by atoms with van der Waals surface area (Å²) in [4.78, 5) is 0. The van der Waals surface area contributed by atoms with Gasteiger partial charge >= 0.3 is 0 Å². The fraction of sp³-hybridized carbons (Fsp3) is 0.625. The number of hydrogen-bond acceptors (Lipinski definition) is 4. The van der Waals surface area contributed by atoms with Crippen molar-refractivity contribution in [3.05, 3.63) is 29.8 Å². The van der Waals surface area contributed by atoms with Crippen molar-refractivity contribution in [3.63, 3.8) is 0 Å². The van der Waals surface area contributed by atoms with E-state index in [9.17, 15) is 5.11 Å². The Morgan fingerprint density at radius 2 is 2.00 bits per heavy atom. The molecular formula is C16H27NO2S. The highest BCUT2D eigenvalue weighted by atomic mass is 32.2. The molecule has 1 rings (SSSR count). The SMILES string of the molecule is CCCNC(CSC(C)C(C)O)c1ccccc1OC. The van der Waals surface area contributed by atoms with E-state index < -0.39 is 0 Å². The van der Waals surface area contributed by atoms with Crippen molar-refractivity contribution in [3.8, 4) is 5.75 Å². The zero-order valence-corrected chi connectivity index (χ0v) is 13.7. The van der Waals surface area contributed by atoms with Crippen molar-refractivity contribution in [2.24, 2.45) is 0 Å². The van der Waals surface area contributed by atoms with E-state index >= 15 is 0 Å². The number of hydrogen-bond donors (Lipinski definition) is 2. The molecule has 0 saturated heterocycles. The molecular weight excluding hydrogens is 270 g/mol. The Morgan fingerprint density at radius 1 is 1.30 bits per heavy atom. The molecule has 0 fully saturated rings. The van der Waals surface area contributed by atoms with Crippen LogP contribution < -0.4 is 10.1 Å². The van der Waals surface area contributed by atoms with Crippen molar-refractivity contribution in [1.29, 1.82) is 0 Å². The van der Waals surface area contributed by atoms with E-state index in [0.29, 0.717) is 0 Å². The van der Waals surface area contributed by atoms with Gasteiger partial charge in [-0.05, 0) is 26.0 Å². The van der Waals surface area contributed by atoms with Crippen LogP contribution in [0.2, 0.25) is 0 Å². The molecule has 114 valence electrons. The predicted octanol–water partition coefficient (Wildman–Crippen LogP) is 3.24. The van der Waals surface area contributed by atoms with Gasteiger partial charge in [0.05, 0.1) is 13.2 Å². The van der Waals surface area contributed by atoms with Crippen LogP contribution in [-0.4, -0.2) is 35.9 Å². The van der Waals surface area contributed by atoms with Gasteiger partial charge in [0.2, 0.25) is 0 Å². The standard InChI is InChI=1S/C16H27NO2S/c1-5-10-17-15(11-20-13(3)12(2)18)14-8-6-7-9-16(14)19-4/h6-9,12-13,15,17-18H,5,10-11H2,1-4H3. The van der Waals surface area contributed by atoms with E-state index in [4.69, 9.17) is 4.74 Å². The smallest absolute Gasteiger partial charge is 0.123 e. The van der Waals surface area contributed by atoms with Crippen LogP contribution in [0.25, 0.3) is 0 Å². The lowest BCUT2D eigenvalue weighted by molar-refractivity contribution is 0.196. The van der Waals surface area contributed by atoms with Gasteiger partial charge in [0.25, 0.3) is 0 Å². The Hall–Kier alpha value is -0.710. The van der Waals surface area contributed by atoms with Gasteiger partial charge in [-0.15, -0.1) is 0 Å². The molecule has 0 aliphatic carbocycles. The lowest BCUT2D eigenvalue weighted by Gasteiger charge is -2.23. The monoisotopic (exact) mass is 297 g/mol. The zero-order chi connectivity index (χ0) is 15.0. The van der Waals surface area contributed by atoms with Crippen LogP contribution >= 0.6 is 11.8 Å². The van der Waals surface area contributed by atoms with E-state index in [1.54, 1.807) is 18.9 Å². The molecule has 2 N–H and O–H groups in total. The van der Waals surface area contributed by atoms with Crippen LogP contribution in [-0.2, 0) is 0 Å². The molecule has 0 heterocycles. The number of ether oxygens (including phenoxy) is 1. The summed E-state index contributed by atoms with van der Waals surface area (Å²) in [6.45, 7) is 7.05. The van der Waals surface area contributed by atoms with E-state index in [2.05, 4.69) is 25.2 Å². The summed E-state index contributed by atoms with van der Waals surface area (Å²) in [6, 6.07) is 8.39. The largest absolute Gasteiger partial charge is 0.496 e. The maximum atomic E-state index is 9.62. The molecule has 0 aliphatic heterocycles. The molecule has 1 aromatic carbocycles. The number of aliphatic hydroxyl groups excluding tert-OH is 1. The minimum atomic E-state index is -0.288. The van der Waals surface area contributed by atoms with Crippen LogP contribution in [0, 0.1) is 0 Å². The Kier molecular flexibility index (Phi) is 8.04. The summed E-state index contributed by atoms with van der Waals surface area (Å²) in [5.41, 5.74) is 1.19. The Balaban J connectivity index is 2.77. The van der Waals surface area contributed by atoms with E-state index in [1.807, 2.05) is 25.1 Å². The first-order chi connectivity index (χ1) is 9.60. The van der Waals surface area contributed by atoms with Crippen molar-refractivity contribution in [2.75, 3.05) is 19.4 Å². The maximum absolute atomic E-state index is 9.62. The van der Waals surface area contributed by atoms with Gasteiger partial charge in [0, 0.05) is 22.6 Å². The number of para-hydroxylation sites is 1. The molecule has 0 aromatic heterocycles. The van der Waals surface area contributed by atoms with E-state index in [-0.39, 0.29) is 17.4 Å². The summed E-state index contributed by atoms with van der Waals surface area (Å²) in [5, 5.41) is 13.4. The molecule has 0 bridgehead atoms. The molecule has 0 saturated carbocycles. The molecule has 0 aliphatic rings. The van der Waals surface area contributed by atoms with Gasteiger partial charge < -0.3 is 15.2 Å². The molecule has 3 atom stereocenters. The van der Waals surface area contributed by atoms with Crippen LogP contribution in [0.3, 0.4) is 0 Å². The quantitative estimate of drug-likeness (QED) is 0.734. The van der Waals surface area contributed by atoms with Gasteiger partial charge in [-0.25, -0.2) is 0 Å². The third kappa shape index (κ3) is 5.35. The highest BCUT2D eigenvalue weighted by Gasteiger charge is 2.18. The second-order valence-electron chi connectivity index (χ2n) is 5.03. The first-order valence-corrected chi connectivity index (χ1v) is 8.31. The third-order valence-electron chi connectivity index (χ3n) is 3.36.